The quantitative estimate of drug-likeness (QED) is 0.901. The second-order valence-electron chi connectivity index (χ2n) is 5.03. The Morgan fingerprint density at radius 3 is 3.00 bits per heavy atom. The van der Waals surface area contributed by atoms with Gasteiger partial charge in [-0.1, -0.05) is 24.9 Å². The number of hydrogen-bond donors (Lipinski definition) is 1. The highest BCUT2D eigenvalue weighted by molar-refractivity contribution is 7.10. The minimum atomic E-state index is -0.643. The first-order valence-corrected chi connectivity index (χ1v) is 7.50. The number of hydrogen-bond acceptors (Lipinski definition) is 3. The molecule has 1 fully saturated rings. The maximum atomic E-state index is 11.5. The molecule has 5 heteroatoms. The average molecular weight is 288 g/mol. The molecule has 0 aromatic carbocycles. The summed E-state index contributed by atoms with van der Waals surface area (Å²) >= 11 is 7.54. The molecule has 1 aromatic heterocycles. The van der Waals surface area contributed by atoms with Crippen molar-refractivity contribution in [2.24, 2.45) is 5.41 Å². The largest absolute Gasteiger partial charge is 0.481 e. The molecule has 1 saturated heterocycles. The van der Waals surface area contributed by atoms with E-state index in [1.165, 1.54) is 4.88 Å². The minimum Gasteiger partial charge on any atom is -0.481 e. The Balaban J connectivity index is 2.00. The van der Waals surface area contributed by atoms with Crippen molar-refractivity contribution < 1.29 is 9.90 Å². The summed E-state index contributed by atoms with van der Waals surface area (Å²) in [6.07, 6.45) is 2.45. The average Bonchev–Trinajstić information content (AvgIpc) is 2.88. The van der Waals surface area contributed by atoms with Crippen LogP contribution in [0.3, 0.4) is 0 Å². The van der Waals surface area contributed by atoms with Crippen LogP contribution >= 0.6 is 22.9 Å². The molecule has 0 radical (unpaired) electrons. The van der Waals surface area contributed by atoms with E-state index >= 15 is 0 Å². The van der Waals surface area contributed by atoms with Gasteiger partial charge in [0, 0.05) is 23.3 Å². The first-order chi connectivity index (χ1) is 8.55. The predicted octanol–water partition coefficient (Wildman–Crippen LogP) is 3.48. The number of nitrogens with zero attached hydrogens (tertiary/aromatic N) is 1. The van der Waals surface area contributed by atoms with Gasteiger partial charge >= 0.3 is 5.97 Å². The number of carboxylic acid groups (broad SMARTS) is 1. The molecule has 1 aliphatic heterocycles. The second-order valence-corrected chi connectivity index (χ2v) is 6.46. The van der Waals surface area contributed by atoms with Crippen LogP contribution in [0.1, 0.15) is 31.1 Å². The lowest BCUT2D eigenvalue weighted by Crippen LogP contribution is -2.34. The van der Waals surface area contributed by atoms with Gasteiger partial charge in [-0.25, -0.2) is 0 Å². The fraction of sp³-hybridized carbons (Fsp3) is 0.615. The maximum absolute atomic E-state index is 11.5. The van der Waals surface area contributed by atoms with Gasteiger partial charge in [0.2, 0.25) is 0 Å². The van der Waals surface area contributed by atoms with Crippen LogP contribution in [0.15, 0.2) is 11.4 Å². The van der Waals surface area contributed by atoms with Crippen LogP contribution in [-0.2, 0) is 11.3 Å². The lowest BCUT2D eigenvalue weighted by atomic mass is 9.83. The molecule has 0 amide bonds. The van der Waals surface area contributed by atoms with Crippen molar-refractivity contribution in [3.05, 3.63) is 21.3 Å². The van der Waals surface area contributed by atoms with E-state index in [1.807, 2.05) is 18.4 Å². The van der Waals surface area contributed by atoms with Gasteiger partial charge < -0.3 is 5.11 Å². The molecule has 0 bridgehead atoms. The van der Waals surface area contributed by atoms with E-state index in [2.05, 4.69) is 4.90 Å². The Kier molecular flexibility index (Phi) is 4.30. The van der Waals surface area contributed by atoms with Crippen LogP contribution in [0.2, 0.25) is 5.02 Å². The van der Waals surface area contributed by atoms with Crippen LogP contribution < -0.4 is 0 Å². The number of carbonyl (C=O) groups is 1. The molecule has 1 aromatic rings. The molecule has 2 rings (SSSR count). The van der Waals surface area contributed by atoms with Crippen LogP contribution in [0.5, 0.6) is 0 Å². The number of thiophene rings is 1. The fourth-order valence-electron chi connectivity index (χ4n) is 2.71. The molecule has 1 aliphatic rings. The van der Waals surface area contributed by atoms with Crippen molar-refractivity contribution in [3.8, 4) is 0 Å². The highest BCUT2D eigenvalue weighted by Crippen LogP contribution is 2.36. The van der Waals surface area contributed by atoms with E-state index in [0.29, 0.717) is 6.54 Å². The Labute approximate surface area is 116 Å². The molecule has 0 aliphatic carbocycles. The highest BCUT2D eigenvalue weighted by Gasteiger charge is 2.43. The van der Waals surface area contributed by atoms with Gasteiger partial charge in [-0.15, -0.1) is 11.3 Å². The number of rotatable bonds is 5. The molecule has 1 atom stereocenters. The topological polar surface area (TPSA) is 40.5 Å². The molecule has 2 heterocycles. The lowest BCUT2D eigenvalue weighted by Gasteiger charge is -2.24. The Hall–Kier alpha value is -0.580. The summed E-state index contributed by atoms with van der Waals surface area (Å²) in [6, 6.07) is 1.97. The van der Waals surface area contributed by atoms with E-state index in [1.54, 1.807) is 11.3 Å². The molecule has 1 unspecified atom stereocenters. The van der Waals surface area contributed by atoms with Crippen LogP contribution in [0.25, 0.3) is 0 Å². The van der Waals surface area contributed by atoms with Gasteiger partial charge in [0.15, 0.2) is 0 Å². The molecular formula is C13H18ClNO2S. The van der Waals surface area contributed by atoms with E-state index in [9.17, 15) is 9.90 Å². The van der Waals surface area contributed by atoms with Crippen LogP contribution in [-0.4, -0.2) is 29.1 Å². The van der Waals surface area contributed by atoms with Crippen molar-refractivity contribution in [3.63, 3.8) is 0 Å². The summed E-state index contributed by atoms with van der Waals surface area (Å²) < 4.78 is 0. The van der Waals surface area contributed by atoms with Crippen molar-refractivity contribution in [1.82, 2.24) is 4.90 Å². The van der Waals surface area contributed by atoms with Gasteiger partial charge in [0.25, 0.3) is 0 Å². The van der Waals surface area contributed by atoms with Crippen molar-refractivity contribution in [1.29, 1.82) is 0 Å². The van der Waals surface area contributed by atoms with E-state index in [-0.39, 0.29) is 0 Å². The van der Waals surface area contributed by atoms with Crippen molar-refractivity contribution in [2.45, 2.75) is 32.7 Å². The zero-order chi connectivity index (χ0) is 13.2. The van der Waals surface area contributed by atoms with Gasteiger partial charge in [-0.3, -0.25) is 9.69 Å². The van der Waals surface area contributed by atoms with Gasteiger partial charge in [0.1, 0.15) is 0 Å². The Bertz CT molecular complexity index is 434. The summed E-state index contributed by atoms with van der Waals surface area (Å²) in [6.45, 7) is 4.38. The van der Waals surface area contributed by atoms with Gasteiger partial charge in [-0.05, 0) is 25.5 Å². The summed E-state index contributed by atoms with van der Waals surface area (Å²) in [5.41, 5.74) is -0.532. The molecule has 0 spiro atoms. The third-order valence-electron chi connectivity index (χ3n) is 3.62. The first-order valence-electron chi connectivity index (χ1n) is 6.24. The van der Waals surface area contributed by atoms with E-state index < -0.39 is 11.4 Å². The molecule has 0 saturated carbocycles. The van der Waals surface area contributed by atoms with Crippen LogP contribution in [0.4, 0.5) is 0 Å². The third-order valence-corrected chi connectivity index (χ3v) is 4.89. The summed E-state index contributed by atoms with van der Waals surface area (Å²) in [4.78, 5) is 14.9. The Morgan fingerprint density at radius 2 is 2.44 bits per heavy atom. The summed E-state index contributed by atoms with van der Waals surface area (Å²) in [5, 5.41) is 12.1. The molecule has 3 nitrogen and oxygen atoms in total. The Morgan fingerprint density at radius 1 is 1.67 bits per heavy atom. The minimum absolute atomic E-state index is 0.532. The highest BCUT2D eigenvalue weighted by atomic mass is 35.5. The standard InChI is InChI=1S/C13H18ClNO2S/c1-2-3-13(12(16)17)4-5-15(9-13)7-11-6-10(14)8-18-11/h6,8H,2-5,7,9H2,1H3,(H,16,17). The zero-order valence-electron chi connectivity index (χ0n) is 10.5. The third kappa shape index (κ3) is 2.87. The molecule has 1 N–H and O–H groups in total. The molecule has 100 valence electrons. The monoisotopic (exact) mass is 287 g/mol. The van der Waals surface area contributed by atoms with Crippen molar-refractivity contribution >= 4 is 28.9 Å². The van der Waals surface area contributed by atoms with E-state index in [4.69, 9.17) is 11.6 Å². The number of halogens is 1. The maximum Gasteiger partial charge on any atom is 0.310 e. The fourth-order valence-corrected chi connectivity index (χ4v) is 3.83. The number of aliphatic carboxylic acids is 1. The smallest absolute Gasteiger partial charge is 0.310 e. The van der Waals surface area contributed by atoms with E-state index in [0.717, 1.165) is 37.4 Å². The van der Waals surface area contributed by atoms with Gasteiger partial charge in [-0.2, -0.15) is 0 Å². The van der Waals surface area contributed by atoms with Crippen LogP contribution in [0, 0.1) is 5.41 Å². The lowest BCUT2D eigenvalue weighted by molar-refractivity contribution is -0.148. The second kappa shape index (κ2) is 5.59. The molecule has 18 heavy (non-hydrogen) atoms. The SMILES string of the molecule is CCCC1(C(=O)O)CCN(Cc2cc(Cl)cs2)C1. The van der Waals surface area contributed by atoms with Crippen molar-refractivity contribution in [2.75, 3.05) is 13.1 Å². The zero-order valence-corrected chi connectivity index (χ0v) is 12.1. The predicted molar refractivity (Wildman–Crippen MR) is 74.2 cm³/mol. The summed E-state index contributed by atoms with van der Waals surface area (Å²) in [7, 11) is 0. The first kappa shape index (κ1) is 13.8. The number of carboxylic acids is 1. The normalized spacial score (nSPS) is 24.6. The van der Waals surface area contributed by atoms with Gasteiger partial charge in [0.05, 0.1) is 10.4 Å². The summed E-state index contributed by atoms with van der Waals surface area (Å²) in [5.74, 6) is -0.643. The number of likely N-dealkylation sites (tertiary alicyclic amines) is 1. The molecular weight excluding hydrogens is 270 g/mol.